The van der Waals surface area contributed by atoms with E-state index in [-0.39, 0.29) is 5.91 Å². The third-order valence-corrected chi connectivity index (χ3v) is 2.88. The SMILES string of the molecule is C=CC(=O)Nc1ncn(C2CCCCC2)n1. The average Bonchev–Trinajstić information content (AvgIpc) is 2.78. The second kappa shape index (κ2) is 4.92. The Morgan fingerprint density at radius 1 is 1.50 bits per heavy atom. The maximum Gasteiger partial charge on any atom is 0.250 e. The molecule has 5 nitrogen and oxygen atoms in total. The van der Waals surface area contributed by atoms with Gasteiger partial charge in [0.05, 0.1) is 6.04 Å². The van der Waals surface area contributed by atoms with Crippen molar-refractivity contribution in [3.05, 3.63) is 19.0 Å². The molecule has 1 aliphatic carbocycles. The molecule has 1 aliphatic rings. The van der Waals surface area contributed by atoms with E-state index < -0.39 is 0 Å². The van der Waals surface area contributed by atoms with Crippen molar-refractivity contribution in [2.75, 3.05) is 5.32 Å². The van der Waals surface area contributed by atoms with Gasteiger partial charge in [-0.05, 0) is 18.9 Å². The third kappa shape index (κ3) is 2.48. The molecular formula is C11H16N4O. The first-order valence-electron chi connectivity index (χ1n) is 5.64. The fraction of sp³-hybridized carbons (Fsp3) is 0.545. The number of nitrogens with zero attached hydrogens (tertiary/aromatic N) is 3. The van der Waals surface area contributed by atoms with Gasteiger partial charge in [-0.1, -0.05) is 25.8 Å². The highest BCUT2D eigenvalue weighted by molar-refractivity contribution is 5.97. The number of carbonyl (C=O) groups excluding carboxylic acids is 1. The lowest BCUT2D eigenvalue weighted by molar-refractivity contribution is -0.111. The van der Waals surface area contributed by atoms with Crippen LogP contribution < -0.4 is 5.32 Å². The number of carbonyl (C=O) groups is 1. The molecule has 0 aromatic carbocycles. The van der Waals surface area contributed by atoms with Gasteiger partial charge < -0.3 is 0 Å². The minimum Gasteiger partial charge on any atom is -0.290 e. The largest absolute Gasteiger partial charge is 0.290 e. The van der Waals surface area contributed by atoms with Crippen LogP contribution in [-0.4, -0.2) is 20.7 Å². The van der Waals surface area contributed by atoms with E-state index in [0.29, 0.717) is 12.0 Å². The predicted octanol–water partition coefficient (Wildman–Crippen LogP) is 1.91. The molecule has 86 valence electrons. The molecule has 0 aliphatic heterocycles. The van der Waals surface area contributed by atoms with Crippen molar-refractivity contribution in [3.8, 4) is 0 Å². The Morgan fingerprint density at radius 3 is 2.94 bits per heavy atom. The highest BCUT2D eigenvalue weighted by atomic mass is 16.1. The first kappa shape index (κ1) is 10.9. The van der Waals surface area contributed by atoms with Crippen molar-refractivity contribution in [3.63, 3.8) is 0 Å². The summed E-state index contributed by atoms with van der Waals surface area (Å²) in [5.74, 6) is 0.0804. The van der Waals surface area contributed by atoms with Crippen molar-refractivity contribution in [1.29, 1.82) is 0 Å². The molecule has 0 atom stereocenters. The molecule has 1 aromatic heterocycles. The lowest BCUT2D eigenvalue weighted by atomic mass is 9.96. The van der Waals surface area contributed by atoms with Crippen LogP contribution in [0.15, 0.2) is 19.0 Å². The summed E-state index contributed by atoms with van der Waals surface area (Å²) in [7, 11) is 0. The van der Waals surface area contributed by atoms with E-state index >= 15 is 0 Å². The maximum absolute atomic E-state index is 11.0. The molecule has 0 bridgehead atoms. The normalized spacial score (nSPS) is 17.0. The second-order valence-corrected chi connectivity index (χ2v) is 4.03. The number of anilines is 1. The summed E-state index contributed by atoms with van der Waals surface area (Å²) < 4.78 is 1.86. The summed E-state index contributed by atoms with van der Waals surface area (Å²) in [5, 5.41) is 6.80. The molecule has 1 aromatic rings. The quantitative estimate of drug-likeness (QED) is 0.791. The standard InChI is InChI=1S/C11H16N4O/c1-2-10(16)13-11-12-8-15(14-11)9-6-4-3-5-7-9/h2,8-9H,1,3-7H2,(H,13,14,16). The Balaban J connectivity index is 2.00. The Hall–Kier alpha value is -1.65. The Morgan fingerprint density at radius 2 is 2.25 bits per heavy atom. The molecule has 1 saturated carbocycles. The van der Waals surface area contributed by atoms with Gasteiger partial charge in [-0.25, -0.2) is 9.67 Å². The molecule has 2 rings (SSSR count). The van der Waals surface area contributed by atoms with Crippen LogP contribution in [0.25, 0.3) is 0 Å². The number of hydrogen-bond acceptors (Lipinski definition) is 3. The van der Waals surface area contributed by atoms with Gasteiger partial charge in [0.1, 0.15) is 6.33 Å². The van der Waals surface area contributed by atoms with Crippen molar-refractivity contribution in [1.82, 2.24) is 14.8 Å². The number of amides is 1. The van der Waals surface area contributed by atoms with Gasteiger partial charge in [0.2, 0.25) is 11.9 Å². The minimum atomic E-state index is -0.276. The van der Waals surface area contributed by atoms with E-state index in [4.69, 9.17) is 0 Å². The topological polar surface area (TPSA) is 59.8 Å². The van der Waals surface area contributed by atoms with Gasteiger partial charge in [0.15, 0.2) is 0 Å². The first-order valence-corrected chi connectivity index (χ1v) is 5.64. The summed E-state index contributed by atoms with van der Waals surface area (Å²) in [6, 6.07) is 0.440. The summed E-state index contributed by atoms with van der Waals surface area (Å²) >= 11 is 0. The van der Waals surface area contributed by atoms with Crippen LogP contribution in [0.1, 0.15) is 38.1 Å². The van der Waals surface area contributed by atoms with Crippen molar-refractivity contribution in [2.24, 2.45) is 0 Å². The van der Waals surface area contributed by atoms with Crippen molar-refractivity contribution >= 4 is 11.9 Å². The zero-order chi connectivity index (χ0) is 11.4. The van der Waals surface area contributed by atoms with Crippen molar-refractivity contribution in [2.45, 2.75) is 38.1 Å². The van der Waals surface area contributed by atoms with Crippen LogP contribution in [-0.2, 0) is 4.79 Å². The molecule has 1 fully saturated rings. The van der Waals surface area contributed by atoms with E-state index in [1.807, 2.05) is 4.68 Å². The molecule has 16 heavy (non-hydrogen) atoms. The third-order valence-electron chi connectivity index (χ3n) is 2.88. The Kier molecular flexibility index (Phi) is 3.34. The molecule has 1 heterocycles. The monoisotopic (exact) mass is 220 g/mol. The zero-order valence-corrected chi connectivity index (χ0v) is 9.22. The van der Waals surface area contributed by atoms with Crippen LogP contribution in [0.2, 0.25) is 0 Å². The average molecular weight is 220 g/mol. The summed E-state index contributed by atoms with van der Waals surface area (Å²) in [5.41, 5.74) is 0. The Labute approximate surface area is 94.6 Å². The first-order chi connectivity index (χ1) is 7.79. The maximum atomic E-state index is 11.0. The Bertz CT molecular complexity index is 379. The van der Waals surface area contributed by atoms with E-state index in [0.717, 1.165) is 12.8 Å². The van der Waals surface area contributed by atoms with Gasteiger partial charge in [0, 0.05) is 0 Å². The minimum absolute atomic E-state index is 0.276. The zero-order valence-electron chi connectivity index (χ0n) is 9.22. The van der Waals surface area contributed by atoms with Crippen LogP contribution in [0.4, 0.5) is 5.95 Å². The number of rotatable bonds is 3. The second-order valence-electron chi connectivity index (χ2n) is 4.03. The smallest absolute Gasteiger partial charge is 0.250 e. The van der Waals surface area contributed by atoms with Crippen molar-refractivity contribution < 1.29 is 4.79 Å². The van der Waals surface area contributed by atoms with E-state index in [9.17, 15) is 4.79 Å². The molecule has 0 spiro atoms. The molecule has 0 radical (unpaired) electrons. The number of aromatic nitrogens is 3. The molecule has 5 heteroatoms. The molecule has 1 N–H and O–H groups in total. The van der Waals surface area contributed by atoms with E-state index in [2.05, 4.69) is 22.0 Å². The fourth-order valence-electron chi connectivity index (χ4n) is 2.01. The summed E-state index contributed by atoms with van der Waals surface area (Å²) in [6.07, 6.45) is 9.01. The molecule has 0 unspecified atom stereocenters. The lowest BCUT2D eigenvalue weighted by Crippen LogP contribution is -2.14. The van der Waals surface area contributed by atoms with Crippen LogP contribution >= 0.6 is 0 Å². The number of hydrogen-bond donors (Lipinski definition) is 1. The molecule has 0 saturated heterocycles. The highest BCUT2D eigenvalue weighted by Gasteiger charge is 2.16. The lowest BCUT2D eigenvalue weighted by Gasteiger charge is -2.20. The van der Waals surface area contributed by atoms with Gasteiger partial charge in [-0.2, -0.15) is 0 Å². The van der Waals surface area contributed by atoms with Gasteiger partial charge in [0.25, 0.3) is 0 Å². The van der Waals surface area contributed by atoms with E-state index in [1.54, 1.807) is 6.33 Å². The van der Waals surface area contributed by atoms with Gasteiger partial charge in [-0.15, -0.1) is 5.10 Å². The van der Waals surface area contributed by atoms with Gasteiger partial charge in [-0.3, -0.25) is 10.1 Å². The molecule has 1 amide bonds. The summed E-state index contributed by atoms with van der Waals surface area (Å²) in [4.78, 5) is 15.1. The van der Waals surface area contributed by atoms with Crippen LogP contribution in [0, 0.1) is 0 Å². The van der Waals surface area contributed by atoms with E-state index in [1.165, 1.54) is 25.3 Å². The fourth-order valence-corrected chi connectivity index (χ4v) is 2.01. The van der Waals surface area contributed by atoms with Gasteiger partial charge >= 0.3 is 0 Å². The predicted molar refractivity (Wildman–Crippen MR) is 61.0 cm³/mol. The highest BCUT2D eigenvalue weighted by Crippen LogP contribution is 2.27. The van der Waals surface area contributed by atoms with Crippen LogP contribution in [0.5, 0.6) is 0 Å². The number of nitrogens with one attached hydrogen (secondary N) is 1. The summed E-state index contributed by atoms with van der Waals surface area (Å²) in [6.45, 7) is 3.38. The molecular weight excluding hydrogens is 204 g/mol. The van der Waals surface area contributed by atoms with Crippen LogP contribution in [0.3, 0.4) is 0 Å².